The molecule has 1 N–H and O–H groups in total. The molecule has 1 unspecified atom stereocenters. The van der Waals surface area contributed by atoms with Crippen LogP contribution in [0.15, 0.2) is 24.0 Å². The molecule has 3 nitrogen and oxygen atoms in total. The van der Waals surface area contributed by atoms with Crippen molar-refractivity contribution in [3.8, 4) is 0 Å². The molecule has 0 radical (unpaired) electrons. The van der Waals surface area contributed by atoms with Gasteiger partial charge in [-0.3, -0.25) is 4.79 Å². The van der Waals surface area contributed by atoms with Crippen molar-refractivity contribution in [2.24, 2.45) is 0 Å². The van der Waals surface area contributed by atoms with Crippen LogP contribution in [0.4, 0.5) is 0 Å². The van der Waals surface area contributed by atoms with Crippen LogP contribution in [0.5, 0.6) is 0 Å². The highest BCUT2D eigenvalue weighted by atomic mass is 16.1. The SMILES string of the molecule is CC.CN1CCC2(C)C1=CC(=O)c1[nH]ccc12. The molecule has 1 atom stereocenters. The average Bonchev–Trinajstić information content (AvgIpc) is 2.92. The first kappa shape index (κ1) is 12.0. The van der Waals surface area contributed by atoms with E-state index in [0.717, 1.165) is 24.2 Å². The molecule has 3 heteroatoms. The van der Waals surface area contributed by atoms with Crippen LogP contribution in [-0.4, -0.2) is 29.3 Å². The van der Waals surface area contributed by atoms with E-state index in [4.69, 9.17) is 0 Å². The lowest BCUT2D eigenvalue weighted by Gasteiger charge is -2.30. The Bertz CT molecular complexity index is 472. The first-order chi connectivity index (χ1) is 8.13. The van der Waals surface area contributed by atoms with Gasteiger partial charge in [0.25, 0.3) is 0 Å². The Balaban J connectivity index is 0.000000514. The fraction of sp³-hybridized carbons (Fsp3) is 0.500. The predicted molar refractivity (Wildman–Crippen MR) is 69.2 cm³/mol. The van der Waals surface area contributed by atoms with Gasteiger partial charge in [-0.25, -0.2) is 0 Å². The molecule has 1 saturated heterocycles. The number of rotatable bonds is 0. The van der Waals surface area contributed by atoms with Crippen molar-refractivity contribution in [2.75, 3.05) is 13.6 Å². The van der Waals surface area contributed by atoms with Crippen LogP contribution >= 0.6 is 0 Å². The highest BCUT2D eigenvalue weighted by molar-refractivity contribution is 6.06. The van der Waals surface area contributed by atoms with Gasteiger partial charge in [0.15, 0.2) is 0 Å². The molecule has 17 heavy (non-hydrogen) atoms. The largest absolute Gasteiger partial charge is 0.377 e. The number of aromatic amines is 1. The fourth-order valence-electron chi connectivity index (χ4n) is 2.83. The summed E-state index contributed by atoms with van der Waals surface area (Å²) >= 11 is 0. The van der Waals surface area contributed by atoms with E-state index in [1.807, 2.05) is 26.1 Å². The van der Waals surface area contributed by atoms with Gasteiger partial charge in [-0.15, -0.1) is 0 Å². The van der Waals surface area contributed by atoms with E-state index >= 15 is 0 Å². The van der Waals surface area contributed by atoms with Gasteiger partial charge in [-0.2, -0.15) is 0 Å². The summed E-state index contributed by atoms with van der Waals surface area (Å²) in [6.07, 6.45) is 4.74. The topological polar surface area (TPSA) is 36.1 Å². The molecule has 0 aromatic carbocycles. The van der Waals surface area contributed by atoms with Crippen LogP contribution in [0.1, 0.15) is 43.2 Å². The first-order valence-corrected chi connectivity index (χ1v) is 6.28. The Morgan fingerprint density at radius 2 is 2.12 bits per heavy atom. The highest BCUT2D eigenvalue weighted by Gasteiger charge is 2.44. The number of nitrogens with one attached hydrogen (secondary N) is 1. The fourth-order valence-corrected chi connectivity index (χ4v) is 2.83. The molecule has 1 fully saturated rings. The van der Waals surface area contributed by atoms with E-state index in [1.165, 1.54) is 5.70 Å². The lowest BCUT2D eigenvalue weighted by Crippen LogP contribution is -2.29. The summed E-state index contributed by atoms with van der Waals surface area (Å²) in [6.45, 7) is 7.25. The van der Waals surface area contributed by atoms with E-state index < -0.39 is 0 Å². The molecule has 0 spiro atoms. The molecule has 1 aromatic heterocycles. The number of carbonyl (C=O) groups excluding carboxylic acids is 1. The Morgan fingerprint density at radius 3 is 2.82 bits per heavy atom. The second-order valence-electron chi connectivity index (χ2n) is 4.66. The number of nitrogens with zero attached hydrogens (tertiary/aromatic N) is 1. The lowest BCUT2D eigenvalue weighted by molar-refractivity contribution is 0.103. The second kappa shape index (κ2) is 4.06. The smallest absolute Gasteiger partial charge is 0.204 e. The summed E-state index contributed by atoms with van der Waals surface area (Å²) in [5, 5.41) is 0. The molecular weight excluding hydrogens is 212 g/mol. The van der Waals surface area contributed by atoms with Crippen LogP contribution in [-0.2, 0) is 5.41 Å². The Morgan fingerprint density at radius 1 is 1.41 bits per heavy atom. The quantitative estimate of drug-likeness (QED) is 0.746. The molecule has 1 aliphatic heterocycles. The average molecular weight is 232 g/mol. The number of likely N-dealkylation sites (N-methyl/N-ethyl adjacent to an activating group) is 1. The number of ketones is 1. The van der Waals surface area contributed by atoms with Crippen LogP contribution < -0.4 is 0 Å². The second-order valence-corrected chi connectivity index (χ2v) is 4.66. The summed E-state index contributed by atoms with van der Waals surface area (Å²) in [6, 6.07) is 2.04. The number of hydrogen-bond acceptors (Lipinski definition) is 2. The number of carbonyl (C=O) groups is 1. The van der Waals surface area contributed by atoms with Crippen molar-refractivity contribution in [2.45, 2.75) is 32.6 Å². The van der Waals surface area contributed by atoms with Crippen molar-refractivity contribution in [1.82, 2.24) is 9.88 Å². The minimum atomic E-state index is 0.0397. The zero-order valence-corrected chi connectivity index (χ0v) is 11.0. The maximum atomic E-state index is 11.8. The van der Waals surface area contributed by atoms with Gasteiger partial charge in [0.2, 0.25) is 5.78 Å². The Kier molecular flexibility index (Phi) is 2.86. The van der Waals surface area contributed by atoms with Crippen LogP contribution in [0.2, 0.25) is 0 Å². The summed E-state index contributed by atoms with van der Waals surface area (Å²) in [5.74, 6) is 0.108. The zero-order chi connectivity index (χ0) is 12.6. The first-order valence-electron chi connectivity index (χ1n) is 6.28. The molecular formula is C14H20N2O. The molecule has 0 saturated carbocycles. The third-order valence-corrected chi connectivity index (χ3v) is 3.78. The zero-order valence-electron chi connectivity index (χ0n) is 11.0. The molecule has 0 bridgehead atoms. The predicted octanol–water partition coefficient (Wildman–Crippen LogP) is 2.71. The Labute approximate surface area is 103 Å². The van der Waals surface area contributed by atoms with Crippen molar-refractivity contribution >= 4 is 5.78 Å². The van der Waals surface area contributed by atoms with Gasteiger partial charge in [0, 0.05) is 37.0 Å². The summed E-state index contributed by atoms with van der Waals surface area (Å²) < 4.78 is 0. The molecule has 1 aliphatic carbocycles. The molecule has 1 aromatic rings. The molecule has 3 rings (SSSR count). The van der Waals surface area contributed by atoms with Crippen LogP contribution in [0, 0.1) is 0 Å². The van der Waals surface area contributed by atoms with Crippen molar-refractivity contribution in [3.05, 3.63) is 35.3 Å². The van der Waals surface area contributed by atoms with Gasteiger partial charge in [0.1, 0.15) is 0 Å². The van der Waals surface area contributed by atoms with Gasteiger partial charge < -0.3 is 9.88 Å². The van der Waals surface area contributed by atoms with Crippen molar-refractivity contribution < 1.29 is 4.79 Å². The minimum absolute atomic E-state index is 0.0397. The van der Waals surface area contributed by atoms with Gasteiger partial charge >= 0.3 is 0 Å². The van der Waals surface area contributed by atoms with E-state index in [2.05, 4.69) is 23.9 Å². The summed E-state index contributed by atoms with van der Waals surface area (Å²) in [7, 11) is 2.06. The maximum absolute atomic E-state index is 11.8. The van der Waals surface area contributed by atoms with Crippen molar-refractivity contribution in [1.29, 1.82) is 0 Å². The summed E-state index contributed by atoms with van der Waals surface area (Å²) in [4.78, 5) is 17.1. The number of likely N-dealkylation sites (tertiary alicyclic amines) is 1. The number of hydrogen-bond donors (Lipinski definition) is 1. The van der Waals surface area contributed by atoms with Crippen molar-refractivity contribution in [3.63, 3.8) is 0 Å². The molecule has 2 heterocycles. The van der Waals surface area contributed by atoms with Gasteiger partial charge in [-0.05, 0) is 25.0 Å². The highest BCUT2D eigenvalue weighted by Crippen LogP contribution is 2.45. The lowest BCUT2D eigenvalue weighted by atomic mass is 9.75. The molecule has 0 amide bonds. The monoisotopic (exact) mass is 232 g/mol. The van der Waals surface area contributed by atoms with E-state index in [-0.39, 0.29) is 11.2 Å². The van der Waals surface area contributed by atoms with Gasteiger partial charge in [-0.1, -0.05) is 13.8 Å². The number of aromatic nitrogens is 1. The van der Waals surface area contributed by atoms with E-state index in [0.29, 0.717) is 0 Å². The Hall–Kier alpha value is -1.51. The van der Waals surface area contributed by atoms with Crippen LogP contribution in [0.3, 0.4) is 0 Å². The molecule has 92 valence electrons. The minimum Gasteiger partial charge on any atom is -0.377 e. The van der Waals surface area contributed by atoms with Gasteiger partial charge in [0.05, 0.1) is 5.69 Å². The molecule has 2 aliphatic rings. The summed E-state index contributed by atoms with van der Waals surface area (Å²) in [5.41, 5.74) is 3.14. The number of fused-ring (bicyclic) bond motifs is 3. The number of H-pyrrole nitrogens is 1. The normalized spacial score (nSPS) is 25.8. The third kappa shape index (κ3) is 1.53. The standard InChI is InChI=1S/C12H14N2O.C2H6/c1-12-4-6-14(2)10(12)7-9(15)11-8(12)3-5-13-11;1-2/h3,5,7,13H,4,6H2,1-2H3;1-2H3. The third-order valence-electron chi connectivity index (χ3n) is 3.78. The maximum Gasteiger partial charge on any atom is 0.204 e. The number of allylic oxidation sites excluding steroid dienone is 2. The van der Waals surface area contributed by atoms with Crippen LogP contribution in [0.25, 0.3) is 0 Å². The van der Waals surface area contributed by atoms with E-state index in [9.17, 15) is 4.79 Å². The van der Waals surface area contributed by atoms with E-state index in [1.54, 1.807) is 6.08 Å².